The Balaban J connectivity index is 0.000000706. The van der Waals surface area contributed by atoms with Crippen LogP contribution in [0.5, 0.6) is 0 Å². The minimum Gasteiger partial charge on any atom is -0.378 e. The second kappa shape index (κ2) is 9.55. The fraction of sp³-hybridized carbons (Fsp3) is 0.300. The quantitative estimate of drug-likeness (QED) is 0.644. The van der Waals surface area contributed by atoms with Crippen LogP contribution in [0.2, 0.25) is 0 Å². The topological polar surface area (TPSA) is 89.2 Å². The molecule has 0 bridgehead atoms. The van der Waals surface area contributed by atoms with Crippen molar-refractivity contribution in [3.8, 4) is 0 Å². The lowest BCUT2D eigenvalue weighted by atomic mass is 10.1. The van der Waals surface area contributed by atoms with Crippen molar-refractivity contribution in [2.45, 2.75) is 13.5 Å². The van der Waals surface area contributed by atoms with Crippen molar-refractivity contribution < 1.29 is 14.3 Å². The lowest BCUT2D eigenvalue weighted by Gasteiger charge is -2.29. The van der Waals surface area contributed by atoms with Gasteiger partial charge in [0.2, 0.25) is 0 Å². The van der Waals surface area contributed by atoms with Crippen molar-refractivity contribution in [2.75, 3.05) is 31.2 Å². The predicted molar refractivity (Wildman–Crippen MR) is 104 cm³/mol. The molecule has 3 heterocycles. The first-order valence-corrected chi connectivity index (χ1v) is 8.93. The Kier molecular flexibility index (Phi) is 6.62. The number of hydrogen-bond donors (Lipinski definition) is 0. The molecule has 144 valence electrons. The van der Waals surface area contributed by atoms with Gasteiger partial charge in [0.15, 0.2) is 5.65 Å². The number of carbonyl (C=O) groups excluding carboxylic acids is 2. The number of fused-ring (bicyclic) bond motifs is 1. The Morgan fingerprint density at radius 2 is 2.00 bits per heavy atom. The van der Waals surface area contributed by atoms with Crippen LogP contribution in [0.4, 0.5) is 5.82 Å². The van der Waals surface area contributed by atoms with Crippen LogP contribution < -0.4 is 4.90 Å². The molecule has 8 heteroatoms. The van der Waals surface area contributed by atoms with Gasteiger partial charge < -0.3 is 9.64 Å². The summed E-state index contributed by atoms with van der Waals surface area (Å²) in [6, 6.07) is 12.3. The fourth-order valence-electron chi connectivity index (χ4n) is 3.04. The van der Waals surface area contributed by atoms with E-state index in [-0.39, 0.29) is 6.15 Å². The number of aryl methyl sites for hydroxylation is 1. The molecule has 28 heavy (non-hydrogen) atoms. The number of nitrogens with zero attached hydrogens (tertiary/aromatic N) is 5. The highest BCUT2D eigenvalue weighted by molar-refractivity contribution is 5.79. The van der Waals surface area contributed by atoms with Crippen LogP contribution in [0.15, 0.2) is 47.6 Å². The van der Waals surface area contributed by atoms with Crippen molar-refractivity contribution >= 4 is 23.8 Å². The van der Waals surface area contributed by atoms with Gasteiger partial charge in [-0.25, -0.2) is 4.98 Å². The van der Waals surface area contributed by atoms with E-state index in [1.165, 1.54) is 5.56 Å². The zero-order valence-electron chi connectivity index (χ0n) is 15.6. The number of ether oxygens (including phenoxy) is 1. The van der Waals surface area contributed by atoms with Crippen LogP contribution in [0.3, 0.4) is 0 Å². The summed E-state index contributed by atoms with van der Waals surface area (Å²) in [5.74, 6) is 1.05. The van der Waals surface area contributed by atoms with Gasteiger partial charge in [0, 0.05) is 31.4 Å². The zero-order valence-corrected chi connectivity index (χ0v) is 15.6. The molecule has 1 aromatic carbocycles. The Morgan fingerprint density at radius 3 is 2.75 bits per heavy atom. The average Bonchev–Trinajstić information content (AvgIpc) is 3.17. The van der Waals surface area contributed by atoms with Crippen LogP contribution in [0.25, 0.3) is 5.65 Å². The summed E-state index contributed by atoms with van der Waals surface area (Å²) in [5, 5.41) is 4.41. The summed E-state index contributed by atoms with van der Waals surface area (Å²) >= 11 is 0. The molecule has 2 aromatic heterocycles. The molecule has 0 saturated carbocycles. The maximum Gasteiger partial charge on any atom is 0.373 e. The number of hydrogen-bond acceptors (Lipinski definition) is 7. The molecule has 1 aliphatic rings. The first-order valence-electron chi connectivity index (χ1n) is 8.93. The summed E-state index contributed by atoms with van der Waals surface area (Å²) in [5.41, 5.74) is 4.14. The molecule has 1 saturated heterocycles. The number of benzene rings is 1. The van der Waals surface area contributed by atoms with E-state index >= 15 is 0 Å². The summed E-state index contributed by atoms with van der Waals surface area (Å²) in [6.45, 7) is 5.85. The van der Waals surface area contributed by atoms with Gasteiger partial charge in [0.05, 0.1) is 31.6 Å². The molecule has 0 aliphatic carbocycles. The molecule has 4 rings (SSSR count). The summed E-state index contributed by atoms with van der Waals surface area (Å²) in [6.07, 6.45) is 3.94. The van der Waals surface area contributed by atoms with Gasteiger partial charge in [0.25, 0.3) is 0 Å². The lowest BCUT2D eigenvalue weighted by molar-refractivity contribution is -0.191. The molecule has 8 nitrogen and oxygen atoms in total. The molecule has 0 spiro atoms. The third-order valence-electron chi connectivity index (χ3n) is 4.26. The number of aromatic nitrogens is 3. The monoisotopic (exact) mass is 379 g/mol. The average molecular weight is 379 g/mol. The molecule has 1 fully saturated rings. The van der Waals surface area contributed by atoms with Crippen LogP contribution in [0.1, 0.15) is 16.8 Å². The van der Waals surface area contributed by atoms with E-state index in [2.05, 4.69) is 51.2 Å². The molecule has 1 aliphatic heterocycles. The van der Waals surface area contributed by atoms with E-state index in [1.807, 2.05) is 22.9 Å². The van der Waals surface area contributed by atoms with E-state index in [0.717, 1.165) is 49.0 Å². The minimum absolute atomic E-state index is 0.250. The molecule has 0 radical (unpaired) electrons. The Bertz CT molecular complexity index is 986. The highest BCUT2D eigenvalue weighted by atomic mass is 16.5. The van der Waals surface area contributed by atoms with Gasteiger partial charge >= 0.3 is 6.15 Å². The van der Waals surface area contributed by atoms with Gasteiger partial charge in [0.1, 0.15) is 5.82 Å². The normalized spacial score (nSPS) is 14.0. The zero-order chi connectivity index (χ0) is 19.8. The number of morpholine rings is 1. The first kappa shape index (κ1) is 19.4. The van der Waals surface area contributed by atoms with Gasteiger partial charge in [-0.3, -0.25) is 4.99 Å². The van der Waals surface area contributed by atoms with Crippen LogP contribution in [-0.2, 0) is 20.9 Å². The maximum atomic E-state index is 8.12. The van der Waals surface area contributed by atoms with E-state index < -0.39 is 0 Å². The van der Waals surface area contributed by atoms with Crippen LogP contribution >= 0.6 is 0 Å². The number of aliphatic imine (C=N–C) groups is 1. The number of rotatable bonds is 4. The van der Waals surface area contributed by atoms with Crippen LogP contribution in [0, 0.1) is 6.92 Å². The van der Waals surface area contributed by atoms with E-state index in [0.29, 0.717) is 6.54 Å². The van der Waals surface area contributed by atoms with Gasteiger partial charge in [-0.1, -0.05) is 29.8 Å². The minimum atomic E-state index is 0.250. The Hall–Kier alpha value is -3.35. The lowest BCUT2D eigenvalue weighted by Crippen LogP contribution is -2.37. The standard InChI is InChI=1S/C19H21N5O.CO2/c1-15-3-2-4-16(11-15)13-20-14-17-12-19(23-7-9-25-10-8-23)24-18(22-17)5-6-21-24;2-1-3/h2-6,11-13H,7-10,14H2,1H3;. The van der Waals surface area contributed by atoms with E-state index in [1.54, 1.807) is 6.20 Å². The van der Waals surface area contributed by atoms with E-state index in [4.69, 9.17) is 14.3 Å². The molecule has 0 unspecified atom stereocenters. The second-order valence-electron chi connectivity index (χ2n) is 6.27. The molecule has 0 N–H and O–H groups in total. The van der Waals surface area contributed by atoms with Gasteiger partial charge in [-0.15, -0.1) is 0 Å². The first-order chi connectivity index (χ1) is 13.7. The molecule has 3 aromatic rings. The van der Waals surface area contributed by atoms with Crippen molar-refractivity contribution in [3.63, 3.8) is 0 Å². The summed E-state index contributed by atoms with van der Waals surface area (Å²) < 4.78 is 7.35. The van der Waals surface area contributed by atoms with E-state index in [9.17, 15) is 0 Å². The second-order valence-corrected chi connectivity index (χ2v) is 6.27. The van der Waals surface area contributed by atoms with Crippen molar-refractivity contribution in [1.29, 1.82) is 0 Å². The Morgan fingerprint density at radius 1 is 1.21 bits per heavy atom. The SMILES string of the molecule is Cc1cccc(C=NCc2cc(N3CCOCC3)n3nccc3n2)c1.O=C=O. The predicted octanol–water partition coefficient (Wildman–Crippen LogP) is 1.91. The smallest absolute Gasteiger partial charge is 0.373 e. The molecule has 0 atom stereocenters. The van der Waals surface area contributed by atoms with Crippen molar-refractivity contribution in [1.82, 2.24) is 14.6 Å². The highest BCUT2D eigenvalue weighted by Crippen LogP contribution is 2.19. The van der Waals surface area contributed by atoms with Crippen LogP contribution in [-0.4, -0.2) is 53.3 Å². The third-order valence-corrected chi connectivity index (χ3v) is 4.26. The number of anilines is 1. The molecular weight excluding hydrogens is 358 g/mol. The third kappa shape index (κ3) is 4.88. The largest absolute Gasteiger partial charge is 0.378 e. The molecule has 0 amide bonds. The molecular formula is C20H21N5O3. The highest BCUT2D eigenvalue weighted by Gasteiger charge is 2.16. The summed E-state index contributed by atoms with van der Waals surface area (Å²) in [7, 11) is 0. The van der Waals surface area contributed by atoms with Crippen molar-refractivity contribution in [2.24, 2.45) is 4.99 Å². The summed E-state index contributed by atoms with van der Waals surface area (Å²) in [4.78, 5) is 27.8. The fourth-order valence-corrected chi connectivity index (χ4v) is 3.04. The van der Waals surface area contributed by atoms with Gasteiger partial charge in [-0.2, -0.15) is 19.2 Å². The maximum absolute atomic E-state index is 8.12. The van der Waals surface area contributed by atoms with Crippen molar-refractivity contribution in [3.05, 3.63) is 59.4 Å². The van der Waals surface area contributed by atoms with Gasteiger partial charge in [-0.05, 0) is 12.5 Å². The Labute approximate surface area is 162 Å².